The largest absolute Gasteiger partial charge is 0.451 e. The van der Waals surface area contributed by atoms with Crippen LogP contribution in [-0.4, -0.2) is 10.8 Å². The van der Waals surface area contributed by atoms with Crippen LogP contribution in [0.3, 0.4) is 0 Å². The van der Waals surface area contributed by atoms with Crippen LogP contribution in [0.2, 0.25) is 0 Å². The summed E-state index contributed by atoms with van der Waals surface area (Å²) in [5.41, 5.74) is 6.10. The molecule has 0 aliphatic carbocycles. The van der Waals surface area contributed by atoms with E-state index >= 15 is 0 Å². The first kappa shape index (κ1) is 13.6. The minimum absolute atomic E-state index is 0.0827. The lowest BCUT2D eigenvalue weighted by Gasteiger charge is -2.08. The minimum atomic E-state index is -0.0827. The van der Waals surface area contributed by atoms with E-state index in [1.165, 1.54) is 0 Å². The van der Waals surface area contributed by atoms with Gasteiger partial charge in [-0.15, -0.1) is 0 Å². The van der Waals surface area contributed by atoms with E-state index in [0.29, 0.717) is 11.3 Å². The Morgan fingerprint density at radius 1 is 1.00 bits per heavy atom. The number of carbonyl (C=O) groups is 1. The standard InChI is InChI=1S/C18H17NO2/c1-10-7-11(2)17(12(3)8-10)18(20)16-9-14-15(21-16)6-5-13(4)19-14/h5-9H,1-4H3. The molecule has 1 aromatic carbocycles. The maximum atomic E-state index is 12.7. The SMILES string of the molecule is Cc1cc(C)c(C(=O)c2cc3nc(C)ccc3o2)c(C)c1. The van der Waals surface area contributed by atoms with E-state index in [4.69, 9.17) is 4.42 Å². The highest BCUT2D eigenvalue weighted by Crippen LogP contribution is 2.24. The van der Waals surface area contributed by atoms with Crippen molar-refractivity contribution in [2.75, 3.05) is 0 Å². The number of carbonyl (C=O) groups excluding carboxylic acids is 1. The van der Waals surface area contributed by atoms with Crippen LogP contribution in [0.25, 0.3) is 11.1 Å². The summed E-state index contributed by atoms with van der Waals surface area (Å²) in [4.78, 5) is 17.1. The molecule has 0 saturated heterocycles. The van der Waals surface area contributed by atoms with Gasteiger partial charge in [0.15, 0.2) is 11.3 Å². The van der Waals surface area contributed by atoms with Crippen molar-refractivity contribution >= 4 is 16.9 Å². The zero-order valence-electron chi connectivity index (χ0n) is 12.7. The molecular weight excluding hydrogens is 262 g/mol. The van der Waals surface area contributed by atoms with Gasteiger partial charge in [0, 0.05) is 17.3 Å². The van der Waals surface area contributed by atoms with Gasteiger partial charge in [-0.3, -0.25) is 4.79 Å². The number of hydrogen-bond donors (Lipinski definition) is 0. The van der Waals surface area contributed by atoms with Crippen LogP contribution in [-0.2, 0) is 0 Å². The summed E-state index contributed by atoms with van der Waals surface area (Å²) in [6, 6.07) is 9.49. The van der Waals surface area contributed by atoms with Gasteiger partial charge in [-0.2, -0.15) is 0 Å². The third kappa shape index (κ3) is 2.35. The lowest BCUT2D eigenvalue weighted by atomic mass is 9.95. The van der Waals surface area contributed by atoms with Gasteiger partial charge in [0.25, 0.3) is 0 Å². The number of nitrogens with zero attached hydrogens (tertiary/aromatic N) is 1. The van der Waals surface area contributed by atoms with E-state index in [0.717, 1.165) is 33.5 Å². The molecule has 21 heavy (non-hydrogen) atoms. The fraction of sp³-hybridized carbons (Fsp3) is 0.222. The second-order valence-corrected chi connectivity index (χ2v) is 5.55. The Morgan fingerprint density at radius 2 is 1.67 bits per heavy atom. The highest BCUT2D eigenvalue weighted by Gasteiger charge is 2.19. The third-order valence-corrected chi connectivity index (χ3v) is 3.64. The zero-order chi connectivity index (χ0) is 15.1. The third-order valence-electron chi connectivity index (χ3n) is 3.64. The number of ketones is 1. The van der Waals surface area contributed by atoms with Crippen molar-refractivity contribution in [3.63, 3.8) is 0 Å². The predicted molar refractivity (Wildman–Crippen MR) is 82.8 cm³/mol. The van der Waals surface area contributed by atoms with Crippen molar-refractivity contribution in [3.05, 3.63) is 64.0 Å². The van der Waals surface area contributed by atoms with E-state index < -0.39 is 0 Å². The molecule has 3 rings (SSSR count). The van der Waals surface area contributed by atoms with Crippen molar-refractivity contribution in [2.45, 2.75) is 27.7 Å². The molecule has 2 aromatic heterocycles. The lowest BCUT2D eigenvalue weighted by molar-refractivity contribution is 0.101. The van der Waals surface area contributed by atoms with Gasteiger partial charge in [-0.25, -0.2) is 4.98 Å². The second kappa shape index (κ2) is 4.85. The Hall–Kier alpha value is -2.42. The van der Waals surface area contributed by atoms with Gasteiger partial charge in [-0.05, 0) is 51.0 Å². The summed E-state index contributed by atoms with van der Waals surface area (Å²) in [7, 11) is 0. The molecule has 0 radical (unpaired) electrons. The number of hydrogen-bond acceptors (Lipinski definition) is 3. The van der Waals surface area contributed by atoms with Crippen molar-refractivity contribution in [3.8, 4) is 0 Å². The quantitative estimate of drug-likeness (QED) is 0.657. The van der Waals surface area contributed by atoms with Crippen LogP contribution in [0, 0.1) is 27.7 Å². The lowest BCUT2D eigenvalue weighted by Crippen LogP contribution is -2.05. The number of fused-ring (bicyclic) bond motifs is 1. The molecular formula is C18H17NO2. The summed E-state index contributed by atoms with van der Waals surface area (Å²) >= 11 is 0. The van der Waals surface area contributed by atoms with Crippen LogP contribution >= 0.6 is 0 Å². The molecule has 3 nitrogen and oxygen atoms in total. The molecule has 0 unspecified atom stereocenters. The molecule has 0 aliphatic heterocycles. The van der Waals surface area contributed by atoms with Gasteiger partial charge < -0.3 is 4.42 Å². The Balaban J connectivity index is 2.12. The molecule has 2 heterocycles. The topological polar surface area (TPSA) is 43.1 Å². The van der Waals surface area contributed by atoms with E-state index in [2.05, 4.69) is 4.98 Å². The fourth-order valence-corrected chi connectivity index (χ4v) is 2.80. The molecule has 0 N–H and O–H groups in total. The molecule has 3 aromatic rings. The maximum absolute atomic E-state index is 12.7. The van der Waals surface area contributed by atoms with Gasteiger partial charge in [0.2, 0.25) is 5.78 Å². The summed E-state index contributed by atoms with van der Waals surface area (Å²) in [6.07, 6.45) is 0. The Morgan fingerprint density at radius 3 is 2.33 bits per heavy atom. The first-order chi connectivity index (χ1) is 9.95. The summed E-state index contributed by atoms with van der Waals surface area (Å²) in [5.74, 6) is 0.263. The molecule has 0 atom stereocenters. The monoisotopic (exact) mass is 279 g/mol. The van der Waals surface area contributed by atoms with E-state index in [1.54, 1.807) is 6.07 Å². The molecule has 0 aliphatic rings. The highest BCUT2D eigenvalue weighted by molar-refractivity contribution is 6.10. The average molecular weight is 279 g/mol. The first-order valence-corrected chi connectivity index (χ1v) is 6.95. The van der Waals surface area contributed by atoms with E-state index in [9.17, 15) is 4.79 Å². The maximum Gasteiger partial charge on any atom is 0.228 e. The summed E-state index contributed by atoms with van der Waals surface area (Å²) in [5, 5.41) is 0. The minimum Gasteiger partial charge on any atom is -0.451 e. The molecule has 0 fully saturated rings. The Kier molecular flexibility index (Phi) is 3.13. The van der Waals surface area contributed by atoms with Crippen LogP contribution in [0.5, 0.6) is 0 Å². The molecule has 0 amide bonds. The predicted octanol–water partition coefficient (Wildman–Crippen LogP) is 4.29. The normalized spacial score (nSPS) is 11.0. The first-order valence-electron chi connectivity index (χ1n) is 6.95. The van der Waals surface area contributed by atoms with Crippen molar-refractivity contribution in [1.29, 1.82) is 0 Å². The van der Waals surface area contributed by atoms with Gasteiger partial charge in [-0.1, -0.05) is 17.7 Å². The molecule has 0 spiro atoms. The number of pyridine rings is 1. The Labute approximate surface area is 123 Å². The van der Waals surface area contributed by atoms with Crippen LogP contribution < -0.4 is 0 Å². The fourth-order valence-electron chi connectivity index (χ4n) is 2.80. The van der Waals surface area contributed by atoms with Crippen molar-refractivity contribution in [1.82, 2.24) is 4.98 Å². The molecule has 0 saturated carbocycles. The van der Waals surface area contributed by atoms with Crippen LogP contribution in [0.1, 0.15) is 38.5 Å². The summed E-state index contributed by atoms with van der Waals surface area (Å²) in [6.45, 7) is 7.86. The van der Waals surface area contributed by atoms with Gasteiger partial charge in [0.05, 0.1) is 0 Å². The number of aryl methyl sites for hydroxylation is 4. The van der Waals surface area contributed by atoms with Gasteiger partial charge >= 0.3 is 0 Å². The van der Waals surface area contributed by atoms with Crippen LogP contribution in [0.4, 0.5) is 0 Å². The summed E-state index contributed by atoms with van der Waals surface area (Å²) < 4.78 is 5.67. The van der Waals surface area contributed by atoms with E-state index in [-0.39, 0.29) is 5.78 Å². The highest BCUT2D eigenvalue weighted by atomic mass is 16.3. The number of benzene rings is 1. The smallest absolute Gasteiger partial charge is 0.228 e. The van der Waals surface area contributed by atoms with Gasteiger partial charge in [0.1, 0.15) is 5.52 Å². The number of rotatable bonds is 2. The number of furan rings is 1. The van der Waals surface area contributed by atoms with Crippen molar-refractivity contribution < 1.29 is 9.21 Å². The number of aromatic nitrogens is 1. The van der Waals surface area contributed by atoms with E-state index in [1.807, 2.05) is 52.0 Å². The van der Waals surface area contributed by atoms with Crippen molar-refractivity contribution in [2.24, 2.45) is 0 Å². The second-order valence-electron chi connectivity index (χ2n) is 5.55. The molecule has 3 heteroatoms. The molecule has 0 bridgehead atoms. The van der Waals surface area contributed by atoms with Crippen LogP contribution in [0.15, 0.2) is 34.7 Å². The zero-order valence-corrected chi connectivity index (χ0v) is 12.7. The molecule has 106 valence electrons. The Bertz CT molecular complexity index is 836. The average Bonchev–Trinajstić information content (AvgIpc) is 2.80.